The van der Waals surface area contributed by atoms with E-state index < -0.39 is 32.0 Å². The number of benzene rings is 2. The number of amides is 1. The van der Waals surface area contributed by atoms with Gasteiger partial charge in [-0.1, -0.05) is 44.2 Å². The first-order valence-corrected chi connectivity index (χ1v) is 13.6. The summed E-state index contributed by atoms with van der Waals surface area (Å²) in [6.45, 7) is 3.41. The van der Waals surface area contributed by atoms with Gasteiger partial charge in [-0.05, 0) is 71.8 Å². The van der Waals surface area contributed by atoms with Gasteiger partial charge in [-0.15, -0.1) is 3.89 Å². The van der Waals surface area contributed by atoms with E-state index in [1.165, 1.54) is 12.1 Å². The van der Waals surface area contributed by atoms with Gasteiger partial charge in [0.1, 0.15) is 18.0 Å². The minimum absolute atomic E-state index is 0.0384. The van der Waals surface area contributed by atoms with Gasteiger partial charge in [0, 0.05) is 15.9 Å². The Morgan fingerprint density at radius 2 is 1.68 bits per heavy atom. The molecule has 0 radical (unpaired) electrons. The SMILES string of the molecule is CC(C)C[N+](C(=O)OCc1ccccc1)(C(CCCCN)C(=O)O)S(=O)(=O)c1ccc(I)cc1. The van der Waals surface area contributed by atoms with Crippen LogP contribution in [0, 0.1) is 9.49 Å². The van der Waals surface area contributed by atoms with Crippen LogP contribution in [0.3, 0.4) is 0 Å². The Labute approximate surface area is 214 Å². The monoisotopic (exact) mass is 603 g/mol. The molecule has 10 heteroatoms. The third-order valence-corrected chi connectivity index (χ3v) is 8.41. The number of hydrogen-bond acceptors (Lipinski definition) is 6. The number of nitrogens with two attached hydrogens (primary N) is 1. The zero-order valence-electron chi connectivity index (χ0n) is 19.4. The lowest BCUT2D eigenvalue weighted by atomic mass is 10.1. The molecule has 0 bridgehead atoms. The van der Waals surface area contributed by atoms with Gasteiger partial charge in [0.25, 0.3) is 0 Å². The molecule has 186 valence electrons. The van der Waals surface area contributed by atoms with Crippen LogP contribution in [0.1, 0.15) is 38.7 Å². The molecule has 0 spiro atoms. The van der Waals surface area contributed by atoms with Gasteiger partial charge >= 0.3 is 22.1 Å². The quantitative estimate of drug-likeness (QED) is 0.210. The summed E-state index contributed by atoms with van der Waals surface area (Å²) in [6.07, 6.45) is -0.270. The zero-order valence-corrected chi connectivity index (χ0v) is 22.4. The van der Waals surface area contributed by atoms with Crippen LogP contribution in [0.5, 0.6) is 0 Å². The number of unbranched alkanes of at least 4 members (excludes halogenated alkanes) is 1. The first kappa shape index (κ1) is 28.2. The van der Waals surface area contributed by atoms with Gasteiger partial charge < -0.3 is 15.6 Å². The average Bonchev–Trinajstić information content (AvgIpc) is 2.79. The van der Waals surface area contributed by atoms with Gasteiger partial charge in [0.05, 0.1) is 0 Å². The highest BCUT2D eigenvalue weighted by atomic mass is 127. The number of quaternary nitrogens is 1. The van der Waals surface area contributed by atoms with Gasteiger partial charge in [-0.3, -0.25) is 0 Å². The van der Waals surface area contributed by atoms with E-state index in [1.54, 1.807) is 50.2 Å². The average molecular weight is 603 g/mol. The van der Waals surface area contributed by atoms with E-state index >= 15 is 0 Å². The Morgan fingerprint density at radius 1 is 1.06 bits per heavy atom. The van der Waals surface area contributed by atoms with Crippen molar-refractivity contribution in [3.05, 3.63) is 63.7 Å². The number of rotatable bonds is 12. The Morgan fingerprint density at radius 3 is 2.21 bits per heavy atom. The molecule has 34 heavy (non-hydrogen) atoms. The molecule has 0 heterocycles. The van der Waals surface area contributed by atoms with Crippen LogP contribution in [0.15, 0.2) is 59.5 Å². The van der Waals surface area contributed by atoms with Crippen LogP contribution in [0.25, 0.3) is 0 Å². The standard InChI is InChI=1S/C24H31IN2O6S/c1-18(2)16-27(22(23(28)29)10-6-7-15-26,24(30)33-17-19-8-4-3-5-9-19)34(31,32)21-13-11-20(25)12-14-21/h3-5,8-9,11-14,18,22H,6-7,10,15-17,26H2,1-2H3/p+1. The number of aliphatic carboxylic acids is 1. The number of carboxylic acids is 1. The molecule has 0 aromatic heterocycles. The lowest BCUT2D eigenvalue weighted by Gasteiger charge is -2.38. The maximum atomic E-state index is 14.1. The molecule has 2 aromatic carbocycles. The number of carbonyl (C=O) groups excluding carboxylic acids is 1. The Hall–Kier alpha value is -2.02. The molecule has 0 aliphatic carbocycles. The molecule has 0 saturated carbocycles. The van der Waals surface area contributed by atoms with E-state index in [0.717, 1.165) is 3.57 Å². The number of carboxylic acid groups (broad SMARTS) is 1. The van der Waals surface area contributed by atoms with E-state index in [0.29, 0.717) is 24.9 Å². The third kappa shape index (κ3) is 6.55. The molecule has 0 aliphatic rings. The predicted molar refractivity (Wildman–Crippen MR) is 137 cm³/mol. The molecule has 2 unspecified atom stereocenters. The summed E-state index contributed by atoms with van der Waals surface area (Å²) < 4.78 is 33.2. The Kier molecular flexibility index (Phi) is 10.5. The van der Waals surface area contributed by atoms with Gasteiger partial charge in [0.15, 0.2) is 0 Å². The maximum absolute atomic E-state index is 14.1. The largest absolute Gasteiger partial charge is 0.533 e. The number of ether oxygens (including phenoxy) is 1. The van der Waals surface area contributed by atoms with E-state index in [4.69, 9.17) is 10.5 Å². The highest BCUT2D eigenvalue weighted by molar-refractivity contribution is 14.1. The van der Waals surface area contributed by atoms with Crippen LogP contribution < -0.4 is 5.73 Å². The first-order valence-electron chi connectivity index (χ1n) is 11.1. The van der Waals surface area contributed by atoms with Crippen LogP contribution in [-0.2, 0) is 26.2 Å². The molecule has 1 amide bonds. The second kappa shape index (κ2) is 12.6. The van der Waals surface area contributed by atoms with Crippen LogP contribution in [-0.4, -0.2) is 48.6 Å². The summed E-state index contributed by atoms with van der Waals surface area (Å²) in [4.78, 5) is 26.1. The van der Waals surface area contributed by atoms with Gasteiger partial charge in [-0.25, -0.2) is 4.79 Å². The van der Waals surface area contributed by atoms with Crippen molar-refractivity contribution in [3.63, 3.8) is 0 Å². The number of carbonyl (C=O) groups is 2. The summed E-state index contributed by atoms with van der Waals surface area (Å²) in [5.74, 6) is -1.69. The van der Waals surface area contributed by atoms with Crippen LogP contribution in [0.4, 0.5) is 4.79 Å². The highest BCUT2D eigenvalue weighted by Crippen LogP contribution is 2.34. The van der Waals surface area contributed by atoms with Gasteiger partial charge in [0.2, 0.25) is 6.04 Å². The van der Waals surface area contributed by atoms with Crippen molar-refractivity contribution < 1.29 is 31.7 Å². The minimum atomic E-state index is -4.51. The predicted octanol–water partition coefficient (Wildman–Crippen LogP) is 4.37. The molecule has 3 N–H and O–H groups in total. The minimum Gasteiger partial charge on any atom is -0.477 e. The normalized spacial score (nSPS) is 14.4. The number of hydrogen-bond donors (Lipinski definition) is 2. The molecule has 2 atom stereocenters. The van der Waals surface area contributed by atoms with Crippen molar-refractivity contribution in [2.45, 2.75) is 50.7 Å². The molecule has 0 fully saturated rings. The van der Waals surface area contributed by atoms with Crippen LogP contribution in [0.2, 0.25) is 0 Å². The molecule has 2 rings (SSSR count). The number of halogens is 1. The highest BCUT2D eigenvalue weighted by Gasteiger charge is 2.60. The fourth-order valence-electron chi connectivity index (χ4n) is 3.85. The smallest absolute Gasteiger partial charge is 0.477 e. The Bertz CT molecular complexity index is 1060. The van der Waals surface area contributed by atoms with Crippen molar-refractivity contribution in [1.82, 2.24) is 0 Å². The zero-order chi connectivity index (χ0) is 25.4. The van der Waals surface area contributed by atoms with Crippen LogP contribution >= 0.6 is 22.6 Å². The topological polar surface area (TPSA) is 124 Å². The lowest BCUT2D eigenvalue weighted by molar-refractivity contribution is -0.756. The van der Waals surface area contributed by atoms with E-state index in [2.05, 4.69) is 0 Å². The summed E-state index contributed by atoms with van der Waals surface area (Å²) in [7, 11) is -4.51. The van der Waals surface area contributed by atoms with Crippen molar-refractivity contribution in [2.75, 3.05) is 13.1 Å². The molecular weight excluding hydrogens is 571 g/mol. The van der Waals surface area contributed by atoms with Crippen molar-refractivity contribution >= 4 is 44.7 Å². The lowest BCUT2D eigenvalue weighted by Crippen LogP contribution is -2.66. The fraction of sp³-hybridized carbons (Fsp3) is 0.417. The van der Waals surface area contributed by atoms with E-state index in [-0.39, 0.29) is 30.4 Å². The maximum Gasteiger partial charge on any atom is 0.533 e. The summed E-state index contributed by atoms with van der Waals surface area (Å²) in [6, 6.07) is 13.3. The summed E-state index contributed by atoms with van der Waals surface area (Å²) >= 11 is 2.05. The number of sulfonamides is 1. The third-order valence-electron chi connectivity index (χ3n) is 5.41. The second-order valence-corrected chi connectivity index (χ2v) is 11.8. The second-order valence-electron chi connectivity index (χ2n) is 8.48. The summed E-state index contributed by atoms with van der Waals surface area (Å²) in [5.41, 5.74) is 6.25. The molecule has 0 aliphatic heterocycles. The molecular formula is C24H32IN2O6S+. The van der Waals surface area contributed by atoms with E-state index in [9.17, 15) is 23.1 Å². The van der Waals surface area contributed by atoms with Crippen molar-refractivity contribution in [3.8, 4) is 0 Å². The molecule has 2 aromatic rings. The Balaban J connectivity index is 2.67. The fourth-order valence-corrected chi connectivity index (χ4v) is 6.34. The van der Waals surface area contributed by atoms with Crippen molar-refractivity contribution in [2.24, 2.45) is 11.7 Å². The van der Waals surface area contributed by atoms with E-state index in [1.807, 2.05) is 28.7 Å². The number of nitrogens with zero attached hydrogens (tertiary/aromatic N) is 1. The molecule has 0 saturated heterocycles. The summed E-state index contributed by atoms with van der Waals surface area (Å²) in [5, 5.41) is 10.2. The molecule has 8 nitrogen and oxygen atoms in total. The van der Waals surface area contributed by atoms with Crippen molar-refractivity contribution in [1.29, 1.82) is 0 Å². The van der Waals surface area contributed by atoms with Gasteiger partial charge in [-0.2, -0.15) is 13.2 Å². The first-order chi connectivity index (χ1) is 16.1.